The third-order valence-electron chi connectivity index (χ3n) is 2.45. The molecule has 0 saturated carbocycles. The van der Waals surface area contributed by atoms with Crippen LogP contribution in [0.4, 0.5) is 0 Å². The molecule has 0 aliphatic rings. The van der Waals surface area contributed by atoms with Gasteiger partial charge in [0.15, 0.2) is 0 Å². The van der Waals surface area contributed by atoms with Gasteiger partial charge in [0.25, 0.3) is 0 Å². The van der Waals surface area contributed by atoms with Crippen molar-refractivity contribution in [2.24, 2.45) is 5.92 Å². The highest BCUT2D eigenvalue weighted by Gasteiger charge is 2.15. The molecule has 0 aromatic heterocycles. The molecule has 1 atom stereocenters. The first-order chi connectivity index (χ1) is 6.95. The lowest BCUT2D eigenvalue weighted by Gasteiger charge is -2.20. The van der Waals surface area contributed by atoms with Crippen LogP contribution in [0, 0.1) is 5.92 Å². The van der Waals surface area contributed by atoms with Gasteiger partial charge in [0.1, 0.15) is 6.04 Å². The third kappa shape index (κ3) is 8.95. The van der Waals surface area contributed by atoms with Gasteiger partial charge in [-0.3, -0.25) is 9.69 Å². The minimum atomic E-state index is -0.792. The van der Waals surface area contributed by atoms with E-state index in [9.17, 15) is 4.79 Å². The van der Waals surface area contributed by atoms with Gasteiger partial charge in [-0.05, 0) is 26.3 Å². The quantitative estimate of drug-likeness (QED) is 0.671. The molecule has 1 N–H and O–H groups in total. The Kier molecular flexibility index (Phi) is 11.1. The molecule has 4 nitrogen and oxygen atoms in total. The largest absolute Gasteiger partial charge is 0.480 e. The molecule has 16 heavy (non-hydrogen) atoms. The second kappa shape index (κ2) is 9.87. The normalized spacial score (nSPS) is 12.6. The average Bonchev–Trinajstić information content (AvgIpc) is 2.15. The number of nitrogens with zero attached hydrogens (tertiary/aromatic N) is 1. The number of ether oxygens (including phenoxy) is 1. The Balaban J connectivity index is 0. The van der Waals surface area contributed by atoms with Gasteiger partial charge in [-0.2, -0.15) is 0 Å². The maximum absolute atomic E-state index is 10.6. The van der Waals surface area contributed by atoms with Gasteiger partial charge in [0.2, 0.25) is 0 Å². The number of hydrogen-bond acceptors (Lipinski definition) is 3. The number of carboxylic acid groups (broad SMARTS) is 1. The van der Waals surface area contributed by atoms with E-state index < -0.39 is 12.0 Å². The molecule has 1 unspecified atom stereocenters. The lowest BCUT2D eigenvalue weighted by molar-refractivity contribution is -0.142. The Morgan fingerprint density at radius 2 is 1.88 bits per heavy atom. The molecule has 0 aromatic rings. The number of halogens is 1. The minimum absolute atomic E-state index is 0. The van der Waals surface area contributed by atoms with E-state index in [1.54, 1.807) is 18.9 Å². The highest BCUT2D eigenvalue weighted by molar-refractivity contribution is 5.85. The molecule has 0 rings (SSSR count). The summed E-state index contributed by atoms with van der Waals surface area (Å²) in [6.07, 6.45) is 1.05. The van der Waals surface area contributed by atoms with Gasteiger partial charge >= 0.3 is 5.97 Å². The van der Waals surface area contributed by atoms with Crippen molar-refractivity contribution >= 4 is 18.4 Å². The van der Waals surface area contributed by atoms with Crippen molar-refractivity contribution in [2.75, 3.05) is 26.8 Å². The van der Waals surface area contributed by atoms with Crippen LogP contribution in [0.5, 0.6) is 0 Å². The Hall–Kier alpha value is -0.320. The van der Waals surface area contributed by atoms with Crippen LogP contribution >= 0.6 is 12.4 Å². The molecular weight excluding hydrogens is 230 g/mol. The lowest BCUT2D eigenvalue weighted by atomic mass is 10.1. The average molecular weight is 254 g/mol. The fourth-order valence-electron chi connectivity index (χ4n) is 1.01. The highest BCUT2D eigenvalue weighted by atomic mass is 35.5. The third-order valence-corrected chi connectivity index (χ3v) is 2.45. The summed E-state index contributed by atoms with van der Waals surface area (Å²) in [6, 6.07) is -0.446. The van der Waals surface area contributed by atoms with Crippen molar-refractivity contribution in [3.8, 4) is 0 Å². The van der Waals surface area contributed by atoms with Gasteiger partial charge in [0, 0.05) is 13.2 Å². The van der Waals surface area contributed by atoms with Crippen LogP contribution in [0.3, 0.4) is 0 Å². The summed E-state index contributed by atoms with van der Waals surface area (Å²) in [4.78, 5) is 12.4. The van der Waals surface area contributed by atoms with Crippen LogP contribution in [0.1, 0.15) is 27.2 Å². The molecular formula is C11H24ClNO3. The van der Waals surface area contributed by atoms with Crippen molar-refractivity contribution in [3.63, 3.8) is 0 Å². The van der Waals surface area contributed by atoms with Crippen LogP contribution < -0.4 is 0 Å². The number of hydrogen-bond donors (Lipinski definition) is 1. The van der Waals surface area contributed by atoms with E-state index in [2.05, 4.69) is 13.8 Å². The Morgan fingerprint density at radius 1 is 1.31 bits per heavy atom. The zero-order valence-corrected chi connectivity index (χ0v) is 11.4. The fraction of sp³-hybridized carbons (Fsp3) is 0.909. The summed E-state index contributed by atoms with van der Waals surface area (Å²) < 4.78 is 5.41. The molecule has 98 valence electrons. The molecule has 0 aromatic carbocycles. The Bertz CT molecular complexity index is 188. The fourth-order valence-corrected chi connectivity index (χ4v) is 1.01. The number of carboxylic acids is 1. The van der Waals surface area contributed by atoms with Crippen molar-refractivity contribution in [1.82, 2.24) is 4.90 Å². The molecule has 5 heteroatoms. The zero-order chi connectivity index (χ0) is 11.8. The summed E-state index contributed by atoms with van der Waals surface area (Å²) in [5.41, 5.74) is 0. The number of rotatable bonds is 8. The summed E-state index contributed by atoms with van der Waals surface area (Å²) in [7, 11) is 1.80. The van der Waals surface area contributed by atoms with E-state index in [0.717, 1.165) is 13.0 Å². The van der Waals surface area contributed by atoms with Gasteiger partial charge in [-0.25, -0.2) is 0 Å². The topological polar surface area (TPSA) is 49.8 Å². The molecule has 0 fully saturated rings. The van der Waals surface area contributed by atoms with Crippen LogP contribution in [-0.4, -0.2) is 48.8 Å². The molecule has 0 saturated heterocycles. The van der Waals surface area contributed by atoms with E-state index in [1.807, 2.05) is 0 Å². The Labute approximate surface area is 104 Å². The predicted octanol–water partition coefficient (Wildman–Crippen LogP) is 1.88. The summed E-state index contributed by atoms with van der Waals surface area (Å²) in [5, 5.41) is 8.75. The van der Waals surface area contributed by atoms with Crippen molar-refractivity contribution in [3.05, 3.63) is 0 Å². The predicted molar refractivity (Wildman–Crippen MR) is 67.2 cm³/mol. The molecule has 0 aliphatic carbocycles. The van der Waals surface area contributed by atoms with E-state index >= 15 is 0 Å². The number of aliphatic carboxylic acids is 1. The van der Waals surface area contributed by atoms with E-state index in [-0.39, 0.29) is 12.4 Å². The lowest BCUT2D eigenvalue weighted by Crippen LogP contribution is -2.37. The summed E-state index contributed by atoms with van der Waals surface area (Å²) in [5.74, 6) is -0.139. The highest BCUT2D eigenvalue weighted by Crippen LogP contribution is 1.99. The molecule has 0 heterocycles. The second-order valence-electron chi connectivity index (χ2n) is 4.29. The van der Waals surface area contributed by atoms with E-state index in [0.29, 0.717) is 19.1 Å². The molecule has 0 spiro atoms. The van der Waals surface area contributed by atoms with Crippen molar-refractivity contribution < 1.29 is 14.6 Å². The SMILES string of the molecule is CC(C)CCOCCN(C)C(C)C(=O)O.Cl. The van der Waals surface area contributed by atoms with Crippen LogP contribution in [0.25, 0.3) is 0 Å². The number of carbonyl (C=O) groups is 1. The van der Waals surface area contributed by atoms with Crippen LogP contribution in [0.2, 0.25) is 0 Å². The van der Waals surface area contributed by atoms with Gasteiger partial charge < -0.3 is 9.84 Å². The smallest absolute Gasteiger partial charge is 0.320 e. The molecule has 0 aliphatic heterocycles. The standard InChI is InChI=1S/C11H23NO3.ClH/c1-9(2)5-7-15-8-6-12(4)10(3)11(13)14;/h9-10H,5-8H2,1-4H3,(H,13,14);1H. The van der Waals surface area contributed by atoms with Crippen LogP contribution in [0.15, 0.2) is 0 Å². The monoisotopic (exact) mass is 253 g/mol. The molecule has 0 radical (unpaired) electrons. The minimum Gasteiger partial charge on any atom is -0.480 e. The van der Waals surface area contributed by atoms with E-state index in [1.165, 1.54) is 0 Å². The van der Waals surface area contributed by atoms with Crippen molar-refractivity contribution in [2.45, 2.75) is 33.2 Å². The van der Waals surface area contributed by atoms with Gasteiger partial charge in [-0.15, -0.1) is 12.4 Å². The zero-order valence-electron chi connectivity index (χ0n) is 10.6. The first kappa shape index (κ1) is 18.1. The van der Waals surface area contributed by atoms with E-state index in [4.69, 9.17) is 9.84 Å². The van der Waals surface area contributed by atoms with Gasteiger partial charge in [-0.1, -0.05) is 13.8 Å². The molecule has 0 amide bonds. The maximum Gasteiger partial charge on any atom is 0.320 e. The van der Waals surface area contributed by atoms with Crippen molar-refractivity contribution in [1.29, 1.82) is 0 Å². The first-order valence-corrected chi connectivity index (χ1v) is 5.46. The second-order valence-corrected chi connectivity index (χ2v) is 4.29. The summed E-state index contributed by atoms with van der Waals surface area (Å²) in [6.45, 7) is 8.00. The Morgan fingerprint density at radius 3 is 2.31 bits per heavy atom. The van der Waals surface area contributed by atoms with Crippen LogP contribution in [-0.2, 0) is 9.53 Å². The first-order valence-electron chi connectivity index (χ1n) is 5.46. The van der Waals surface area contributed by atoms with Gasteiger partial charge in [0.05, 0.1) is 6.61 Å². The molecule has 0 bridgehead atoms. The number of likely N-dealkylation sites (N-methyl/N-ethyl adjacent to an activating group) is 1. The summed E-state index contributed by atoms with van der Waals surface area (Å²) >= 11 is 0. The maximum atomic E-state index is 10.6.